The summed E-state index contributed by atoms with van der Waals surface area (Å²) in [6, 6.07) is 14.3. The Morgan fingerprint density at radius 1 is 1.14 bits per heavy atom. The Labute approximate surface area is 167 Å². The van der Waals surface area contributed by atoms with Crippen molar-refractivity contribution in [2.45, 2.75) is 39.3 Å². The van der Waals surface area contributed by atoms with Crippen LogP contribution in [0.15, 0.2) is 42.5 Å². The van der Waals surface area contributed by atoms with Crippen molar-refractivity contribution in [1.29, 1.82) is 0 Å². The summed E-state index contributed by atoms with van der Waals surface area (Å²) in [5.74, 6) is 1.80. The fourth-order valence-electron chi connectivity index (χ4n) is 3.44. The van der Waals surface area contributed by atoms with Gasteiger partial charge in [0, 0.05) is 26.1 Å². The van der Waals surface area contributed by atoms with Gasteiger partial charge in [0.2, 0.25) is 5.91 Å². The zero-order valence-corrected chi connectivity index (χ0v) is 16.9. The standard InChI is InChI=1S/C23H30N2O3/c1-18-7-3-4-8-20(18)17-28-21-11-10-19(15-22(21)27-2)16-24-12-6-14-25-13-5-9-23(25)26/h3-4,7-8,10-11,15,24H,5-6,9,12-14,16-17H2,1-2H3. The Kier molecular flexibility index (Phi) is 7.31. The van der Waals surface area contributed by atoms with E-state index < -0.39 is 0 Å². The number of carbonyl (C=O) groups excluding carboxylic acids is 1. The molecule has 3 rings (SSSR count). The van der Waals surface area contributed by atoms with E-state index in [0.717, 1.165) is 56.1 Å². The predicted octanol–water partition coefficient (Wildman–Crippen LogP) is 3.68. The minimum absolute atomic E-state index is 0.297. The first-order valence-electron chi connectivity index (χ1n) is 10.00. The third-order valence-electron chi connectivity index (χ3n) is 5.15. The average molecular weight is 383 g/mol. The lowest BCUT2D eigenvalue weighted by Crippen LogP contribution is -2.28. The number of amides is 1. The molecule has 0 aliphatic carbocycles. The van der Waals surface area contributed by atoms with Crippen LogP contribution in [0, 0.1) is 6.92 Å². The lowest BCUT2D eigenvalue weighted by atomic mass is 10.1. The zero-order chi connectivity index (χ0) is 19.8. The molecule has 0 unspecified atom stereocenters. The van der Waals surface area contributed by atoms with Crippen LogP contribution in [0.5, 0.6) is 11.5 Å². The van der Waals surface area contributed by atoms with E-state index in [0.29, 0.717) is 18.9 Å². The van der Waals surface area contributed by atoms with Gasteiger partial charge in [-0.3, -0.25) is 4.79 Å². The largest absolute Gasteiger partial charge is 0.493 e. The fraction of sp³-hybridized carbons (Fsp3) is 0.435. The van der Waals surface area contributed by atoms with E-state index >= 15 is 0 Å². The van der Waals surface area contributed by atoms with Gasteiger partial charge in [0.1, 0.15) is 6.61 Å². The number of benzene rings is 2. The Balaban J connectivity index is 1.46. The number of rotatable bonds is 10. The van der Waals surface area contributed by atoms with Crippen LogP contribution in [0.2, 0.25) is 0 Å². The minimum atomic E-state index is 0.297. The van der Waals surface area contributed by atoms with Gasteiger partial charge in [0.25, 0.3) is 0 Å². The van der Waals surface area contributed by atoms with Gasteiger partial charge in [0.05, 0.1) is 7.11 Å². The molecule has 1 saturated heterocycles. The van der Waals surface area contributed by atoms with Crippen molar-refractivity contribution in [2.75, 3.05) is 26.7 Å². The molecule has 1 aliphatic heterocycles. The maximum atomic E-state index is 11.6. The number of hydrogen-bond donors (Lipinski definition) is 1. The molecule has 150 valence electrons. The van der Waals surface area contributed by atoms with E-state index in [1.807, 2.05) is 29.2 Å². The number of nitrogens with one attached hydrogen (secondary N) is 1. The molecular weight excluding hydrogens is 352 g/mol. The van der Waals surface area contributed by atoms with Crippen molar-refractivity contribution in [3.8, 4) is 11.5 Å². The fourth-order valence-corrected chi connectivity index (χ4v) is 3.44. The second-order valence-corrected chi connectivity index (χ2v) is 7.22. The highest BCUT2D eigenvalue weighted by atomic mass is 16.5. The maximum absolute atomic E-state index is 11.6. The molecule has 0 aromatic heterocycles. The van der Waals surface area contributed by atoms with Crippen molar-refractivity contribution < 1.29 is 14.3 Å². The summed E-state index contributed by atoms with van der Waals surface area (Å²) in [7, 11) is 1.67. The first-order valence-corrected chi connectivity index (χ1v) is 10.00. The second-order valence-electron chi connectivity index (χ2n) is 7.22. The number of likely N-dealkylation sites (tertiary alicyclic amines) is 1. The van der Waals surface area contributed by atoms with Crippen LogP contribution in [0.1, 0.15) is 36.0 Å². The van der Waals surface area contributed by atoms with Gasteiger partial charge in [-0.2, -0.15) is 0 Å². The maximum Gasteiger partial charge on any atom is 0.222 e. The molecule has 2 aromatic rings. The van der Waals surface area contributed by atoms with Gasteiger partial charge in [0.15, 0.2) is 11.5 Å². The van der Waals surface area contributed by atoms with Gasteiger partial charge in [-0.15, -0.1) is 0 Å². The normalized spacial score (nSPS) is 13.8. The van der Waals surface area contributed by atoms with Crippen LogP contribution in [0.4, 0.5) is 0 Å². The molecule has 1 fully saturated rings. The molecule has 0 saturated carbocycles. The number of hydrogen-bond acceptors (Lipinski definition) is 4. The molecule has 0 radical (unpaired) electrons. The van der Waals surface area contributed by atoms with Crippen molar-refractivity contribution in [3.63, 3.8) is 0 Å². The molecule has 28 heavy (non-hydrogen) atoms. The van der Waals surface area contributed by atoms with Crippen LogP contribution >= 0.6 is 0 Å². The van der Waals surface area contributed by atoms with Crippen LogP contribution in [-0.4, -0.2) is 37.6 Å². The number of aryl methyl sites for hydroxylation is 1. The summed E-state index contributed by atoms with van der Waals surface area (Å²) < 4.78 is 11.5. The molecule has 1 amide bonds. The molecular formula is C23H30N2O3. The highest BCUT2D eigenvalue weighted by molar-refractivity contribution is 5.77. The van der Waals surface area contributed by atoms with E-state index in [1.54, 1.807) is 7.11 Å². The lowest BCUT2D eigenvalue weighted by Gasteiger charge is -2.16. The van der Waals surface area contributed by atoms with Crippen LogP contribution in [0.25, 0.3) is 0 Å². The summed E-state index contributed by atoms with van der Waals surface area (Å²) in [5, 5.41) is 3.44. The quantitative estimate of drug-likeness (QED) is 0.637. The second kappa shape index (κ2) is 10.1. The van der Waals surface area contributed by atoms with Gasteiger partial charge >= 0.3 is 0 Å². The van der Waals surface area contributed by atoms with E-state index in [-0.39, 0.29) is 0 Å². The van der Waals surface area contributed by atoms with Crippen LogP contribution < -0.4 is 14.8 Å². The van der Waals surface area contributed by atoms with Crippen molar-refractivity contribution >= 4 is 5.91 Å². The van der Waals surface area contributed by atoms with Crippen molar-refractivity contribution in [1.82, 2.24) is 10.2 Å². The summed E-state index contributed by atoms with van der Waals surface area (Å²) in [6.07, 6.45) is 2.69. The topological polar surface area (TPSA) is 50.8 Å². The first-order chi connectivity index (χ1) is 13.7. The number of carbonyl (C=O) groups is 1. The Bertz CT molecular complexity index is 791. The molecule has 2 aromatic carbocycles. The zero-order valence-electron chi connectivity index (χ0n) is 16.9. The Hall–Kier alpha value is -2.53. The molecule has 5 nitrogen and oxygen atoms in total. The van der Waals surface area contributed by atoms with E-state index in [1.165, 1.54) is 11.1 Å². The summed E-state index contributed by atoms with van der Waals surface area (Å²) in [5.41, 5.74) is 3.54. The Morgan fingerprint density at radius 2 is 2.00 bits per heavy atom. The molecule has 1 heterocycles. The highest BCUT2D eigenvalue weighted by Crippen LogP contribution is 2.29. The highest BCUT2D eigenvalue weighted by Gasteiger charge is 2.18. The van der Waals surface area contributed by atoms with E-state index in [4.69, 9.17) is 9.47 Å². The van der Waals surface area contributed by atoms with Gasteiger partial charge in [-0.05, 0) is 55.1 Å². The van der Waals surface area contributed by atoms with Crippen molar-refractivity contribution in [2.24, 2.45) is 0 Å². The summed E-state index contributed by atoms with van der Waals surface area (Å²) >= 11 is 0. The van der Waals surface area contributed by atoms with Crippen LogP contribution in [-0.2, 0) is 17.9 Å². The lowest BCUT2D eigenvalue weighted by molar-refractivity contribution is -0.127. The third-order valence-corrected chi connectivity index (χ3v) is 5.15. The molecule has 1 N–H and O–H groups in total. The summed E-state index contributed by atoms with van der Waals surface area (Å²) in [6.45, 7) is 6.03. The van der Waals surface area contributed by atoms with Crippen molar-refractivity contribution in [3.05, 3.63) is 59.2 Å². The summed E-state index contributed by atoms with van der Waals surface area (Å²) in [4.78, 5) is 13.6. The minimum Gasteiger partial charge on any atom is -0.493 e. The number of ether oxygens (including phenoxy) is 2. The van der Waals surface area contributed by atoms with Gasteiger partial charge < -0.3 is 19.7 Å². The molecule has 0 bridgehead atoms. The molecule has 1 aliphatic rings. The van der Waals surface area contributed by atoms with Gasteiger partial charge in [-0.25, -0.2) is 0 Å². The molecule has 5 heteroatoms. The number of methoxy groups -OCH3 is 1. The van der Waals surface area contributed by atoms with Crippen LogP contribution in [0.3, 0.4) is 0 Å². The molecule has 0 atom stereocenters. The Morgan fingerprint density at radius 3 is 2.75 bits per heavy atom. The molecule has 0 spiro atoms. The average Bonchev–Trinajstić information content (AvgIpc) is 3.12. The van der Waals surface area contributed by atoms with E-state index in [9.17, 15) is 4.79 Å². The van der Waals surface area contributed by atoms with E-state index in [2.05, 4.69) is 30.4 Å². The first kappa shape index (κ1) is 20.2. The third kappa shape index (κ3) is 5.49. The van der Waals surface area contributed by atoms with Gasteiger partial charge in [-0.1, -0.05) is 30.3 Å². The predicted molar refractivity (Wildman–Crippen MR) is 111 cm³/mol. The SMILES string of the molecule is COc1cc(CNCCCN2CCCC2=O)ccc1OCc1ccccc1C. The number of nitrogens with zero attached hydrogens (tertiary/aromatic N) is 1. The monoisotopic (exact) mass is 382 g/mol. The smallest absolute Gasteiger partial charge is 0.222 e.